The molecule has 6 nitrogen and oxygen atoms in total. The first-order chi connectivity index (χ1) is 14.7. The summed E-state index contributed by atoms with van der Waals surface area (Å²) in [6, 6.07) is 14.0. The van der Waals surface area contributed by atoms with E-state index in [0.29, 0.717) is 11.8 Å². The first-order valence-corrected chi connectivity index (χ1v) is 10.5. The molecule has 1 fully saturated rings. The van der Waals surface area contributed by atoms with Gasteiger partial charge in [0.15, 0.2) is 5.76 Å². The lowest BCUT2D eigenvalue weighted by molar-refractivity contribution is -0.925. The van der Waals surface area contributed by atoms with Gasteiger partial charge in [-0.15, -0.1) is 0 Å². The molecule has 1 aromatic carbocycles. The average Bonchev–Trinajstić information content (AvgIpc) is 3.17. The molecule has 1 unspecified atom stereocenters. The minimum absolute atomic E-state index is 0.0982. The molecule has 0 saturated carbocycles. The Hall–Kier alpha value is -3.25. The van der Waals surface area contributed by atoms with Crippen molar-refractivity contribution in [1.82, 2.24) is 14.5 Å². The topological polar surface area (TPSA) is 65.4 Å². The number of hydrogen-bond acceptors (Lipinski definition) is 4. The molecule has 2 bridgehead atoms. The second kappa shape index (κ2) is 6.92. The smallest absolute Gasteiger partial charge is 0.250 e. The molecule has 4 aromatic rings. The SMILES string of the molecule is O=c1ccc(-c2cncnc2)c2n1C[C@H]1C[C@@H]2C[NH+](Cc2cc3ccccc3o2)C1. The van der Waals surface area contributed by atoms with Gasteiger partial charge >= 0.3 is 0 Å². The van der Waals surface area contributed by atoms with Gasteiger partial charge in [-0.25, -0.2) is 9.97 Å². The van der Waals surface area contributed by atoms with Crippen molar-refractivity contribution in [2.24, 2.45) is 5.92 Å². The summed E-state index contributed by atoms with van der Waals surface area (Å²) in [5.74, 6) is 1.89. The van der Waals surface area contributed by atoms with E-state index >= 15 is 0 Å². The van der Waals surface area contributed by atoms with Gasteiger partial charge in [0, 0.05) is 59.0 Å². The second-order valence-corrected chi connectivity index (χ2v) is 8.59. The summed E-state index contributed by atoms with van der Waals surface area (Å²) in [6.45, 7) is 3.73. The van der Waals surface area contributed by atoms with Gasteiger partial charge in [0.1, 0.15) is 18.5 Å². The maximum absolute atomic E-state index is 12.7. The van der Waals surface area contributed by atoms with Crippen LogP contribution in [0.15, 0.2) is 70.4 Å². The molecule has 30 heavy (non-hydrogen) atoms. The normalized spacial score (nSPS) is 22.7. The van der Waals surface area contributed by atoms with Gasteiger partial charge in [0.05, 0.1) is 13.1 Å². The monoisotopic (exact) mass is 399 g/mol. The van der Waals surface area contributed by atoms with E-state index in [1.807, 2.05) is 41.2 Å². The van der Waals surface area contributed by atoms with Crippen LogP contribution in [0.5, 0.6) is 0 Å². The van der Waals surface area contributed by atoms with E-state index in [2.05, 4.69) is 22.1 Å². The van der Waals surface area contributed by atoms with Crippen LogP contribution in [0.1, 0.15) is 23.8 Å². The number of hydrogen-bond donors (Lipinski definition) is 1. The number of benzene rings is 1. The van der Waals surface area contributed by atoms with Crippen molar-refractivity contribution in [3.05, 3.63) is 83.0 Å². The second-order valence-electron chi connectivity index (χ2n) is 8.59. The summed E-state index contributed by atoms with van der Waals surface area (Å²) < 4.78 is 8.08. The number of likely N-dealkylation sites (tertiary alicyclic amines) is 1. The Labute approximate surface area is 173 Å². The minimum Gasteiger partial charge on any atom is -0.455 e. The van der Waals surface area contributed by atoms with Crippen molar-refractivity contribution in [3.8, 4) is 11.1 Å². The summed E-state index contributed by atoms with van der Waals surface area (Å²) in [5, 5.41) is 1.16. The third-order valence-electron chi connectivity index (χ3n) is 6.56. The van der Waals surface area contributed by atoms with Crippen LogP contribution < -0.4 is 10.5 Å². The lowest BCUT2D eigenvalue weighted by atomic mass is 9.80. The van der Waals surface area contributed by atoms with Gasteiger partial charge < -0.3 is 13.9 Å². The van der Waals surface area contributed by atoms with E-state index < -0.39 is 0 Å². The Bertz CT molecular complexity index is 1240. The van der Waals surface area contributed by atoms with Crippen LogP contribution in [0.2, 0.25) is 0 Å². The highest BCUT2D eigenvalue weighted by Gasteiger charge is 2.39. The summed E-state index contributed by atoms with van der Waals surface area (Å²) >= 11 is 0. The molecule has 1 N–H and O–H groups in total. The summed E-state index contributed by atoms with van der Waals surface area (Å²) in [7, 11) is 0. The fraction of sp³-hybridized carbons (Fsp3) is 0.292. The number of para-hydroxylation sites is 1. The van der Waals surface area contributed by atoms with Crippen molar-refractivity contribution in [3.63, 3.8) is 0 Å². The van der Waals surface area contributed by atoms with Crippen molar-refractivity contribution in [1.29, 1.82) is 0 Å². The van der Waals surface area contributed by atoms with Gasteiger partial charge in [0.2, 0.25) is 0 Å². The van der Waals surface area contributed by atoms with Gasteiger partial charge in [-0.2, -0.15) is 0 Å². The first kappa shape index (κ1) is 17.6. The number of rotatable bonds is 3. The van der Waals surface area contributed by atoms with Crippen LogP contribution in [0, 0.1) is 5.92 Å². The number of fused-ring (bicyclic) bond motifs is 5. The Balaban J connectivity index is 1.34. The Morgan fingerprint density at radius 3 is 2.83 bits per heavy atom. The van der Waals surface area contributed by atoms with Crippen molar-refractivity contribution < 1.29 is 9.32 Å². The molecule has 6 rings (SSSR count). The lowest BCUT2D eigenvalue weighted by Crippen LogP contribution is -3.13. The Kier molecular flexibility index (Phi) is 4.06. The molecule has 3 aromatic heterocycles. The van der Waals surface area contributed by atoms with Crippen LogP contribution >= 0.6 is 0 Å². The van der Waals surface area contributed by atoms with E-state index in [1.54, 1.807) is 12.4 Å². The average molecular weight is 399 g/mol. The Morgan fingerprint density at radius 1 is 1.10 bits per heavy atom. The fourth-order valence-electron chi connectivity index (χ4n) is 5.43. The van der Waals surface area contributed by atoms with Gasteiger partial charge in [0.25, 0.3) is 5.56 Å². The standard InChI is InChI=1S/C24H22N4O2/c29-23-6-5-21(19-9-25-15-26-10-19)24-18-7-16(12-28(23)24)11-27(13-18)14-20-8-17-3-1-2-4-22(17)30-20/h1-6,8-10,15-16,18H,7,11-14H2/p+1/t16-,18+/m0/s1. The van der Waals surface area contributed by atoms with Crippen LogP contribution in [-0.4, -0.2) is 27.6 Å². The number of aromatic nitrogens is 3. The number of nitrogens with zero attached hydrogens (tertiary/aromatic N) is 3. The number of piperidine rings is 1. The highest BCUT2D eigenvalue weighted by molar-refractivity contribution is 5.77. The molecule has 0 spiro atoms. The molecule has 150 valence electrons. The molecule has 6 heteroatoms. The molecule has 0 aliphatic carbocycles. The van der Waals surface area contributed by atoms with E-state index in [-0.39, 0.29) is 5.56 Å². The van der Waals surface area contributed by atoms with E-state index in [0.717, 1.165) is 66.2 Å². The highest BCUT2D eigenvalue weighted by Crippen LogP contribution is 2.36. The van der Waals surface area contributed by atoms with E-state index in [9.17, 15) is 4.79 Å². The minimum atomic E-state index is 0.0982. The van der Waals surface area contributed by atoms with E-state index in [4.69, 9.17) is 4.42 Å². The van der Waals surface area contributed by atoms with Crippen LogP contribution in [0.3, 0.4) is 0 Å². The first-order valence-electron chi connectivity index (χ1n) is 10.5. The number of furan rings is 1. The third-order valence-corrected chi connectivity index (χ3v) is 6.56. The highest BCUT2D eigenvalue weighted by atomic mass is 16.3. The van der Waals surface area contributed by atoms with Gasteiger partial charge in [-0.1, -0.05) is 18.2 Å². The molecule has 3 atom stereocenters. The fourth-order valence-corrected chi connectivity index (χ4v) is 5.43. The largest absolute Gasteiger partial charge is 0.455 e. The summed E-state index contributed by atoms with van der Waals surface area (Å²) in [4.78, 5) is 22.6. The molecule has 1 saturated heterocycles. The molecule has 0 amide bonds. The molecular weight excluding hydrogens is 376 g/mol. The molecule has 5 heterocycles. The van der Waals surface area contributed by atoms with Crippen molar-refractivity contribution in [2.45, 2.75) is 25.4 Å². The van der Waals surface area contributed by atoms with Gasteiger partial charge in [-0.3, -0.25) is 4.79 Å². The number of nitrogens with one attached hydrogen (secondary N) is 1. The van der Waals surface area contributed by atoms with Crippen LogP contribution in [0.4, 0.5) is 0 Å². The molecule has 2 aliphatic heterocycles. The van der Waals surface area contributed by atoms with E-state index in [1.165, 1.54) is 4.90 Å². The van der Waals surface area contributed by atoms with Crippen molar-refractivity contribution >= 4 is 11.0 Å². The van der Waals surface area contributed by atoms with Crippen molar-refractivity contribution in [2.75, 3.05) is 13.1 Å². The van der Waals surface area contributed by atoms with Gasteiger partial charge in [-0.05, 0) is 24.6 Å². The summed E-state index contributed by atoms with van der Waals surface area (Å²) in [5.41, 5.74) is 4.26. The number of quaternary nitrogens is 1. The van der Waals surface area contributed by atoms with Crippen LogP contribution in [0.25, 0.3) is 22.1 Å². The molecule has 0 radical (unpaired) electrons. The summed E-state index contributed by atoms with van der Waals surface area (Å²) in [6.07, 6.45) is 6.35. The Morgan fingerprint density at radius 2 is 1.97 bits per heavy atom. The molecular formula is C24H23N4O2+. The zero-order valence-electron chi connectivity index (χ0n) is 16.6. The molecule has 2 aliphatic rings. The van der Waals surface area contributed by atoms with Crippen LogP contribution in [-0.2, 0) is 13.1 Å². The lowest BCUT2D eigenvalue weighted by Gasteiger charge is -2.41. The third kappa shape index (κ3) is 2.95. The zero-order chi connectivity index (χ0) is 20.1. The predicted molar refractivity (Wildman–Crippen MR) is 113 cm³/mol. The predicted octanol–water partition coefficient (Wildman–Crippen LogP) is 2.25. The zero-order valence-corrected chi connectivity index (χ0v) is 16.6. The number of pyridine rings is 1. The quantitative estimate of drug-likeness (QED) is 0.574. The maximum atomic E-state index is 12.7. The maximum Gasteiger partial charge on any atom is 0.250 e.